The van der Waals surface area contributed by atoms with Crippen molar-refractivity contribution in [2.45, 2.75) is 18.7 Å². The van der Waals surface area contributed by atoms with Crippen LogP contribution in [0.25, 0.3) is 5.76 Å². The molecule has 8 heteroatoms. The van der Waals surface area contributed by atoms with Gasteiger partial charge in [0.1, 0.15) is 5.82 Å². The number of aromatic nitrogens is 1. The normalized spacial score (nSPS) is 14.9. The van der Waals surface area contributed by atoms with Gasteiger partial charge in [-0.15, -0.1) is 0 Å². The zero-order valence-corrected chi connectivity index (χ0v) is 14.9. The highest BCUT2D eigenvalue weighted by atomic mass is 32.2. The molecule has 0 radical (unpaired) electrons. The Kier molecular flexibility index (Phi) is 5.43. The quantitative estimate of drug-likeness (QED) is 0.856. The lowest BCUT2D eigenvalue weighted by molar-refractivity contribution is -0.113. The van der Waals surface area contributed by atoms with Crippen LogP contribution in [0.1, 0.15) is 19.4 Å². The van der Waals surface area contributed by atoms with Crippen molar-refractivity contribution >= 4 is 27.5 Å². The van der Waals surface area contributed by atoms with E-state index < -0.39 is 21.7 Å². The van der Waals surface area contributed by atoms with Crippen molar-refractivity contribution in [3.8, 4) is 0 Å². The molecular weight excluding hydrogens is 342 g/mol. The number of hydrogen-bond acceptors (Lipinski definition) is 5. The standard InChI is InChI=1S/C15H13N3O4S.C2H6/c1-18-13(15(20)17-12-8-4-5-9-16-12)14(19)10-6-2-3-7-11(10)23(18,21)22;1-2/h2-9,19H,1H3,(H,16,17,20);1-2H3. The van der Waals surface area contributed by atoms with Gasteiger partial charge in [-0.1, -0.05) is 32.0 Å². The Morgan fingerprint density at radius 2 is 1.76 bits per heavy atom. The number of sulfonamides is 1. The van der Waals surface area contributed by atoms with E-state index in [1.54, 1.807) is 30.3 Å². The number of nitrogens with one attached hydrogen (secondary N) is 1. The number of carbonyl (C=O) groups is 1. The second-order valence-corrected chi connectivity index (χ2v) is 6.77. The Morgan fingerprint density at radius 3 is 2.40 bits per heavy atom. The van der Waals surface area contributed by atoms with Crippen molar-refractivity contribution in [3.63, 3.8) is 0 Å². The number of benzene rings is 1. The van der Waals surface area contributed by atoms with Gasteiger partial charge in [0.25, 0.3) is 15.9 Å². The fraction of sp³-hybridized carbons (Fsp3) is 0.176. The van der Waals surface area contributed by atoms with Gasteiger partial charge in [-0.05, 0) is 24.3 Å². The molecule has 0 unspecified atom stereocenters. The number of anilines is 1. The van der Waals surface area contributed by atoms with Crippen molar-refractivity contribution in [1.29, 1.82) is 0 Å². The number of likely N-dealkylation sites (N-methyl/N-ethyl adjacent to an activating group) is 1. The Labute approximate surface area is 146 Å². The van der Waals surface area contributed by atoms with E-state index in [2.05, 4.69) is 10.3 Å². The number of fused-ring (bicyclic) bond motifs is 1. The van der Waals surface area contributed by atoms with Crippen molar-refractivity contribution in [1.82, 2.24) is 9.29 Å². The molecule has 132 valence electrons. The molecule has 1 aliphatic heterocycles. The average Bonchev–Trinajstić information content (AvgIpc) is 2.63. The Hall–Kier alpha value is -2.87. The summed E-state index contributed by atoms with van der Waals surface area (Å²) in [4.78, 5) is 16.3. The summed E-state index contributed by atoms with van der Waals surface area (Å²) < 4.78 is 25.8. The second-order valence-electron chi connectivity index (χ2n) is 4.84. The Morgan fingerprint density at radius 1 is 1.12 bits per heavy atom. The number of hydrogen-bond donors (Lipinski definition) is 2. The minimum absolute atomic E-state index is 0.0469. The molecule has 2 heterocycles. The topological polar surface area (TPSA) is 99.6 Å². The molecule has 2 aromatic rings. The van der Waals surface area contributed by atoms with Gasteiger partial charge in [-0.2, -0.15) is 0 Å². The first-order chi connectivity index (χ1) is 11.9. The van der Waals surface area contributed by atoms with Crippen LogP contribution in [0.3, 0.4) is 0 Å². The molecule has 0 aliphatic carbocycles. The molecule has 1 aliphatic rings. The SMILES string of the molecule is CC.CN1C(C(=O)Nc2ccccn2)=C(O)c2ccccc2S1(=O)=O. The van der Waals surface area contributed by atoms with E-state index in [9.17, 15) is 18.3 Å². The molecular formula is C17H19N3O4S. The van der Waals surface area contributed by atoms with Gasteiger partial charge in [0.2, 0.25) is 0 Å². The summed E-state index contributed by atoms with van der Waals surface area (Å²) >= 11 is 0. The van der Waals surface area contributed by atoms with Crippen molar-refractivity contribution in [2.75, 3.05) is 12.4 Å². The summed E-state index contributed by atoms with van der Waals surface area (Å²) in [5, 5.41) is 12.8. The Bertz CT molecular complexity index is 909. The Balaban J connectivity index is 0.00000109. The predicted molar refractivity (Wildman–Crippen MR) is 95.2 cm³/mol. The van der Waals surface area contributed by atoms with Crippen LogP contribution in [0.2, 0.25) is 0 Å². The van der Waals surface area contributed by atoms with E-state index in [4.69, 9.17) is 0 Å². The summed E-state index contributed by atoms with van der Waals surface area (Å²) in [6, 6.07) is 10.9. The minimum Gasteiger partial charge on any atom is -0.505 e. The lowest BCUT2D eigenvalue weighted by Gasteiger charge is -2.28. The van der Waals surface area contributed by atoms with Crippen LogP contribution >= 0.6 is 0 Å². The number of nitrogens with zero attached hydrogens (tertiary/aromatic N) is 2. The summed E-state index contributed by atoms with van der Waals surface area (Å²) in [7, 11) is -2.69. The average molecular weight is 361 g/mol. The van der Waals surface area contributed by atoms with Crippen molar-refractivity contribution < 1.29 is 18.3 Å². The first-order valence-electron chi connectivity index (χ1n) is 7.67. The first kappa shape index (κ1) is 18.5. The molecule has 0 saturated heterocycles. The number of carbonyl (C=O) groups excluding carboxylic acids is 1. The number of rotatable bonds is 2. The number of aliphatic hydroxyl groups excluding tert-OH is 1. The predicted octanol–water partition coefficient (Wildman–Crippen LogP) is 2.61. The van der Waals surface area contributed by atoms with E-state index in [0.29, 0.717) is 0 Å². The maximum Gasteiger partial charge on any atom is 0.277 e. The summed E-state index contributed by atoms with van der Waals surface area (Å²) in [6.07, 6.45) is 1.49. The molecule has 0 spiro atoms. The summed E-state index contributed by atoms with van der Waals surface area (Å²) in [6.45, 7) is 4.00. The minimum atomic E-state index is -3.91. The first-order valence-corrected chi connectivity index (χ1v) is 9.11. The number of aliphatic hydroxyl groups is 1. The van der Waals surface area contributed by atoms with Crippen LogP contribution in [0.5, 0.6) is 0 Å². The molecule has 1 aromatic heterocycles. The maximum atomic E-state index is 12.5. The van der Waals surface area contributed by atoms with E-state index in [0.717, 1.165) is 4.31 Å². The van der Waals surface area contributed by atoms with Gasteiger partial charge in [0.05, 0.1) is 4.90 Å². The lowest BCUT2D eigenvalue weighted by atomic mass is 10.1. The van der Waals surface area contributed by atoms with Gasteiger partial charge < -0.3 is 10.4 Å². The second kappa shape index (κ2) is 7.35. The van der Waals surface area contributed by atoms with Crippen LogP contribution < -0.4 is 5.32 Å². The van der Waals surface area contributed by atoms with E-state index in [-0.39, 0.29) is 22.0 Å². The van der Waals surface area contributed by atoms with Crippen LogP contribution in [0.15, 0.2) is 59.3 Å². The van der Waals surface area contributed by atoms with Crippen molar-refractivity contribution in [3.05, 3.63) is 59.9 Å². The third kappa shape index (κ3) is 3.34. The van der Waals surface area contributed by atoms with Crippen molar-refractivity contribution in [2.24, 2.45) is 0 Å². The molecule has 2 N–H and O–H groups in total. The van der Waals surface area contributed by atoms with Gasteiger partial charge in [0.15, 0.2) is 11.5 Å². The number of pyridine rings is 1. The molecule has 0 saturated carbocycles. The van der Waals surface area contributed by atoms with Gasteiger partial charge in [-0.3, -0.25) is 9.10 Å². The highest BCUT2D eigenvalue weighted by Crippen LogP contribution is 2.34. The molecule has 0 atom stereocenters. The highest BCUT2D eigenvalue weighted by Gasteiger charge is 2.37. The zero-order chi connectivity index (χ0) is 18.6. The fourth-order valence-corrected chi connectivity index (χ4v) is 3.69. The van der Waals surface area contributed by atoms with Gasteiger partial charge >= 0.3 is 0 Å². The largest absolute Gasteiger partial charge is 0.505 e. The monoisotopic (exact) mass is 361 g/mol. The van der Waals surface area contributed by atoms with Crippen LogP contribution in [0, 0.1) is 0 Å². The molecule has 25 heavy (non-hydrogen) atoms. The van der Waals surface area contributed by atoms with Crippen LogP contribution in [-0.2, 0) is 14.8 Å². The molecule has 0 bridgehead atoms. The zero-order valence-electron chi connectivity index (χ0n) is 14.1. The molecule has 7 nitrogen and oxygen atoms in total. The van der Waals surface area contributed by atoms with Crippen LogP contribution in [0.4, 0.5) is 5.82 Å². The number of amides is 1. The third-order valence-corrected chi connectivity index (χ3v) is 5.26. The molecule has 0 fully saturated rings. The van der Waals surface area contributed by atoms with E-state index in [1.165, 1.54) is 25.4 Å². The van der Waals surface area contributed by atoms with E-state index in [1.807, 2.05) is 13.8 Å². The molecule has 3 rings (SSSR count). The van der Waals surface area contributed by atoms with Gasteiger partial charge in [-0.25, -0.2) is 13.4 Å². The summed E-state index contributed by atoms with van der Waals surface area (Å²) in [5.74, 6) is -0.907. The van der Waals surface area contributed by atoms with Gasteiger partial charge in [0, 0.05) is 18.8 Å². The van der Waals surface area contributed by atoms with E-state index >= 15 is 0 Å². The maximum absolute atomic E-state index is 12.5. The van der Waals surface area contributed by atoms with Crippen LogP contribution in [-0.4, -0.2) is 35.8 Å². The molecule has 1 aromatic carbocycles. The fourth-order valence-electron chi connectivity index (χ4n) is 2.29. The molecule has 1 amide bonds. The summed E-state index contributed by atoms with van der Waals surface area (Å²) in [5.41, 5.74) is -0.258. The lowest BCUT2D eigenvalue weighted by Crippen LogP contribution is -2.37. The third-order valence-electron chi connectivity index (χ3n) is 3.44. The highest BCUT2D eigenvalue weighted by molar-refractivity contribution is 7.89. The smallest absolute Gasteiger partial charge is 0.277 e.